The van der Waals surface area contributed by atoms with E-state index in [-0.39, 0.29) is 28.2 Å². The molecular weight excluding hydrogens is 735 g/mol. The van der Waals surface area contributed by atoms with E-state index in [0.29, 0.717) is 63.2 Å². The van der Waals surface area contributed by atoms with Crippen molar-refractivity contribution < 1.29 is 23.5 Å². The number of pyridine rings is 2. The second kappa shape index (κ2) is 16.1. The lowest BCUT2D eigenvalue weighted by Gasteiger charge is -2.30. The second-order valence-corrected chi connectivity index (χ2v) is 15.7. The van der Waals surface area contributed by atoms with Gasteiger partial charge < -0.3 is 25.0 Å². The zero-order valence-electron chi connectivity index (χ0n) is 31.9. The molecule has 1 aliphatic carbocycles. The minimum atomic E-state index is -0.942. The van der Waals surface area contributed by atoms with Gasteiger partial charge in [-0.05, 0) is 78.1 Å². The van der Waals surface area contributed by atoms with Crippen molar-refractivity contribution in [3.05, 3.63) is 129 Å². The van der Waals surface area contributed by atoms with Gasteiger partial charge in [-0.15, -0.1) is 0 Å². The first kappa shape index (κ1) is 39.0. The van der Waals surface area contributed by atoms with E-state index in [1.165, 1.54) is 43.0 Å². The van der Waals surface area contributed by atoms with Crippen LogP contribution in [0.3, 0.4) is 0 Å². The van der Waals surface area contributed by atoms with E-state index < -0.39 is 40.9 Å². The van der Waals surface area contributed by atoms with Gasteiger partial charge in [-0.3, -0.25) is 14.2 Å². The Kier molecular flexibility index (Phi) is 11.0. The van der Waals surface area contributed by atoms with Crippen LogP contribution < -0.4 is 21.9 Å². The summed E-state index contributed by atoms with van der Waals surface area (Å²) in [6.07, 6.45) is 4.50. The number of amides is 2. The smallest absolute Gasteiger partial charge is 0.407 e. The van der Waals surface area contributed by atoms with Crippen molar-refractivity contribution in [2.75, 3.05) is 19.6 Å². The normalized spacial score (nSPS) is 15.9. The minimum absolute atomic E-state index is 0.0274. The lowest BCUT2D eigenvalue weighted by Crippen LogP contribution is -2.45. The number of benzene rings is 2. The first-order chi connectivity index (χ1) is 27.2. The van der Waals surface area contributed by atoms with Crippen molar-refractivity contribution >= 4 is 28.7 Å². The third kappa shape index (κ3) is 8.78. The van der Waals surface area contributed by atoms with Gasteiger partial charge in [0.15, 0.2) is 5.65 Å². The van der Waals surface area contributed by atoms with Crippen LogP contribution in [0.4, 0.5) is 13.6 Å². The average molecular weight is 779 g/mol. The van der Waals surface area contributed by atoms with Crippen molar-refractivity contribution in [2.24, 2.45) is 5.41 Å². The van der Waals surface area contributed by atoms with Crippen LogP contribution in [0.25, 0.3) is 33.5 Å². The van der Waals surface area contributed by atoms with Crippen LogP contribution in [-0.4, -0.2) is 71.2 Å². The van der Waals surface area contributed by atoms with Crippen molar-refractivity contribution in [2.45, 2.75) is 65.1 Å². The maximum Gasteiger partial charge on any atom is 0.407 e. The highest BCUT2D eigenvalue weighted by molar-refractivity contribution is 5.93. The molecule has 57 heavy (non-hydrogen) atoms. The van der Waals surface area contributed by atoms with Gasteiger partial charge in [0.25, 0.3) is 11.5 Å². The number of halogens is 2. The monoisotopic (exact) mass is 778 g/mol. The fraction of sp³-hybridized carbons (Fsp3) is 0.333. The number of nitrogens with one attached hydrogen (secondary N) is 2. The lowest BCUT2D eigenvalue weighted by atomic mass is 9.90. The molecule has 6 aromatic rings. The molecule has 4 aromatic heterocycles. The van der Waals surface area contributed by atoms with E-state index in [4.69, 9.17) is 0 Å². The Bertz CT molecular complexity index is 2570. The molecule has 1 saturated carbocycles. The Labute approximate surface area is 326 Å². The highest BCUT2D eigenvalue weighted by Gasteiger charge is 2.29. The number of carbonyl (C=O) groups excluding carboxylic acids is 1. The van der Waals surface area contributed by atoms with Crippen LogP contribution >= 0.6 is 0 Å². The number of hydrogen-bond acceptors (Lipinski definition) is 7. The average Bonchev–Trinajstić information content (AvgIpc) is 3.60. The Morgan fingerprint density at radius 2 is 1.68 bits per heavy atom. The Balaban J connectivity index is 1.07. The summed E-state index contributed by atoms with van der Waals surface area (Å²) in [5.41, 5.74) is 2.39. The predicted molar refractivity (Wildman–Crippen MR) is 212 cm³/mol. The second-order valence-electron chi connectivity index (χ2n) is 15.7. The third-order valence-electron chi connectivity index (χ3n) is 10.2. The molecule has 0 radical (unpaired) electrons. The van der Waals surface area contributed by atoms with Crippen molar-refractivity contribution in [3.8, 4) is 16.8 Å². The highest BCUT2D eigenvalue weighted by Crippen LogP contribution is 2.29. The topological polar surface area (TPSA) is 156 Å². The summed E-state index contributed by atoms with van der Waals surface area (Å²) < 4.78 is 32.2. The number of hydrogen-bond donors (Lipinski definition) is 3. The Hall–Kier alpha value is -6.22. The predicted octanol–water partition coefficient (Wildman–Crippen LogP) is 6.17. The number of aromatic nitrogens is 5. The zero-order valence-corrected chi connectivity index (χ0v) is 31.9. The SMILES string of the molecule is CC(C)(C)CN(CCNCc1ccc(-c2cccc(-n3c(=O)n([C@H]4CC[C@@H](NC(=O)c5cn6cc(F)ccc6n5)CC4)c(=O)c4cc(F)cnc43)c2)cc1)C(=O)O. The molecule has 15 heteroatoms. The molecule has 0 aliphatic heterocycles. The van der Waals surface area contributed by atoms with Gasteiger partial charge >= 0.3 is 11.8 Å². The van der Waals surface area contributed by atoms with Gasteiger partial charge in [-0.1, -0.05) is 57.2 Å². The molecule has 296 valence electrons. The van der Waals surface area contributed by atoms with Gasteiger partial charge in [0.1, 0.15) is 23.0 Å². The standard InChI is InChI=1S/C42H44F2N8O5/c1-42(2,3)25-49(41(56)57)18-17-45-21-26-7-9-27(10-8-26)28-5-4-6-33(19-28)51-37-34(20-30(44)22-46-37)39(54)52(40(51)55)32-14-12-31(13-15-32)47-38(53)35-24-50-23-29(43)11-16-36(50)48-35/h4-11,16,19-20,22-24,31-32,45H,12-15,17-18,21,25H2,1-3H3,(H,47,53)(H,56,57)/t31-,32+. The molecule has 0 atom stereocenters. The molecule has 0 bridgehead atoms. The summed E-state index contributed by atoms with van der Waals surface area (Å²) in [5, 5.41) is 15.8. The van der Waals surface area contributed by atoms with Gasteiger partial charge in [-0.2, -0.15) is 0 Å². The maximum atomic E-state index is 14.6. The molecule has 1 fully saturated rings. The van der Waals surface area contributed by atoms with E-state index >= 15 is 0 Å². The maximum absolute atomic E-state index is 14.6. The molecule has 13 nitrogen and oxygen atoms in total. The molecule has 3 N–H and O–H groups in total. The molecule has 2 amide bonds. The molecule has 0 unspecified atom stereocenters. The summed E-state index contributed by atoms with van der Waals surface area (Å²) in [7, 11) is 0. The number of nitrogens with zero attached hydrogens (tertiary/aromatic N) is 6. The molecule has 1 aliphatic rings. The number of fused-ring (bicyclic) bond motifs is 2. The molecule has 0 saturated heterocycles. The van der Waals surface area contributed by atoms with Crippen molar-refractivity contribution in [3.63, 3.8) is 0 Å². The summed E-state index contributed by atoms with van der Waals surface area (Å²) in [6.45, 7) is 7.86. The first-order valence-electron chi connectivity index (χ1n) is 18.9. The fourth-order valence-electron chi connectivity index (χ4n) is 7.45. The largest absolute Gasteiger partial charge is 0.465 e. The van der Waals surface area contributed by atoms with Gasteiger partial charge in [-0.25, -0.2) is 32.9 Å². The van der Waals surface area contributed by atoms with Crippen LogP contribution in [0.15, 0.2) is 94.9 Å². The van der Waals surface area contributed by atoms with E-state index in [9.17, 15) is 33.1 Å². The van der Waals surface area contributed by atoms with Crippen molar-refractivity contribution in [1.29, 1.82) is 0 Å². The number of rotatable bonds is 11. The van der Waals surface area contributed by atoms with Gasteiger partial charge in [0.2, 0.25) is 0 Å². The number of imidazole rings is 1. The molecule has 0 spiro atoms. The third-order valence-corrected chi connectivity index (χ3v) is 10.2. The van der Waals surface area contributed by atoms with Crippen LogP contribution in [0.2, 0.25) is 0 Å². The van der Waals surface area contributed by atoms with Crippen LogP contribution in [-0.2, 0) is 6.54 Å². The number of carboxylic acid groups (broad SMARTS) is 1. The van der Waals surface area contributed by atoms with Crippen molar-refractivity contribution in [1.82, 2.24) is 39.0 Å². The first-order valence-corrected chi connectivity index (χ1v) is 18.9. The zero-order chi connectivity index (χ0) is 40.4. The summed E-state index contributed by atoms with van der Waals surface area (Å²) in [5.74, 6) is -1.56. The van der Waals surface area contributed by atoms with E-state index in [1.807, 2.05) is 57.2 Å². The summed E-state index contributed by atoms with van der Waals surface area (Å²) in [6, 6.07) is 18.2. The summed E-state index contributed by atoms with van der Waals surface area (Å²) >= 11 is 0. The van der Waals surface area contributed by atoms with Gasteiger partial charge in [0.05, 0.1) is 17.3 Å². The Morgan fingerprint density at radius 1 is 0.930 bits per heavy atom. The molecule has 4 heterocycles. The molecule has 7 rings (SSSR count). The van der Waals surface area contributed by atoms with Crippen LogP contribution in [0.1, 0.15) is 68.5 Å². The van der Waals surface area contributed by atoms with Gasteiger partial charge in [0, 0.05) is 50.7 Å². The Morgan fingerprint density at radius 3 is 2.40 bits per heavy atom. The quantitative estimate of drug-likeness (QED) is 0.132. The summed E-state index contributed by atoms with van der Waals surface area (Å²) in [4.78, 5) is 62.8. The fourth-order valence-corrected chi connectivity index (χ4v) is 7.45. The van der Waals surface area contributed by atoms with E-state index in [0.717, 1.165) is 29.0 Å². The van der Waals surface area contributed by atoms with Crippen LogP contribution in [0.5, 0.6) is 0 Å². The van der Waals surface area contributed by atoms with Crippen LogP contribution in [0, 0.1) is 17.0 Å². The number of carbonyl (C=O) groups is 2. The molecule has 2 aromatic carbocycles. The van der Waals surface area contributed by atoms with E-state index in [2.05, 4.69) is 20.6 Å². The minimum Gasteiger partial charge on any atom is -0.465 e. The highest BCUT2D eigenvalue weighted by atomic mass is 19.1. The molecular formula is C42H44F2N8O5. The lowest BCUT2D eigenvalue weighted by molar-refractivity contribution is 0.0917. The van der Waals surface area contributed by atoms with E-state index in [1.54, 1.807) is 12.1 Å².